The average Bonchev–Trinajstić information content (AvgIpc) is 3.23. The quantitative estimate of drug-likeness (QED) is 0.390. The number of benzene rings is 2. The van der Waals surface area contributed by atoms with Crippen molar-refractivity contribution < 1.29 is 14.6 Å². The van der Waals surface area contributed by atoms with E-state index in [4.69, 9.17) is 4.74 Å². The smallest absolute Gasteiger partial charge is 0.339 e. The fourth-order valence-corrected chi connectivity index (χ4v) is 3.94. The Morgan fingerprint density at radius 1 is 1.09 bits per heavy atom. The minimum atomic E-state index is -0.932. The number of nitrogens with zero attached hydrogens (tertiary/aromatic N) is 2. The van der Waals surface area contributed by atoms with Crippen LogP contribution in [0.5, 0.6) is 0 Å². The van der Waals surface area contributed by atoms with E-state index in [0.717, 1.165) is 34.5 Å². The van der Waals surface area contributed by atoms with Crippen LogP contribution in [0.3, 0.4) is 0 Å². The summed E-state index contributed by atoms with van der Waals surface area (Å²) in [6, 6.07) is 19.1. The number of carbonyl (C=O) groups is 1. The molecule has 2 aromatic heterocycles. The molecule has 4 rings (SSSR count). The Morgan fingerprint density at radius 2 is 1.82 bits per heavy atom. The molecule has 4 aromatic rings. The molecule has 5 nitrogen and oxygen atoms in total. The molecule has 0 spiro atoms. The summed E-state index contributed by atoms with van der Waals surface area (Å²) in [5.74, 6) is -0.416. The van der Waals surface area contributed by atoms with E-state index in [0.29, 0.717) is 16.8 Å². The molecule has 0 aliphatic heterocycles. The summed E-state index contributed by atoms with van der Waals surface area (Å²) < 4.78 is 7.64. The van der Waals surface area contributed by atoms with Gasteiger partial charge in [0.05, 0.1) is 17.0 Å². The van der Waals surface area contributed by atoms with Crippen LogP contribution in [0, 0.1) is 6.92 Å². The van der Waals surface area contributed by atoms with Gasteiger partial charge in [0.2, 0.25) is 0 Å². The minimum Gasteiger partial charge on any atom is -0.456 e. The van der Waals surface area contributed by atoms with Crippen LogP contribution in [0.4, 0.5) is 0 Å². The highest BCUT2D eigenvalue weighted by atomic mass is 16.6. The maximum absolute atomic E-state index is 13.1. The first-order valence-electron chi connectivity index (χ1n) is 11.3. The maximum Gasteiger partial charge on any atom is 0.339 e. The number of ether oxygens (including phenoxy) is 1. The van der Waals surface area contributed by atoms with Crippen molar-refractivity contribution in [2.24, 2.45) is 0 Å². The predicted octanol–water partition coefficient (Wildman–Crippen LogP) is 5.91. The summed E-state index contributed by atoms with van der Waals surface area (Å²) in [6.45, 7) is 9.60. The lowest BCUT2D eigenvalue weighted by Gasteiger charge is -2.22. The molecule has 5 heteroatoms. The lowest BCUT2D eigenvalue weighted by atomic mass is 9.94. The van der Waals surface area contributed by atoms with Gasteiger partial charge in [-0.05, 0) is 68.5 Å². The fourth-order valence-electron chi connectivity index (χ4n) is 3.94. The minimum absolute atomic E-state index is 0.416. The van der Waals surface area contributed by atoms with Gasteiger partial charge in [-0.3, -0.25) is 0 Å². The second-order valence-corrected chi connectivity index (χ2v) is 9.30. The normalized spacial score (nSPS) is 12.7. The van der Waals surface area contributed by atoms with E-state index in [9.17, 15) is 9.90 Å². The van der Waals surface area contributed by atoms with Gasteiger partial charge in [-0.25, -0.2) is 9.78 Å². The highest BCUT2D eigenvalue weighted by Crippen LogP contribution is 2.31. The van der Waals surface area contributed by atoms with E-state index in [1.165, 1.54) is 0 Å². The second-order valence-electron chi connectivity index (χ2n) is 9.30. The molecule has 0 amide bonds. The molecule has 1 N–H and O–H groups in total. The number of esters is 1. The van der Waals surface area contributed by atoms with Crippen LogP contribution in [0.2, 0.25) is 0 Å². The van der Waals surface area contributed by atoms with Crippen LogP contribution in [0.15, 0.2) is 66.9 Å². The summed E-state index contributed by atoms with van der Waals surface area (Å²) in [7, 11) is 0. The molecular formula is C28H30N2O3. The number of aliphatic hydroxyl groups is 1. The van der Waals surface area contributed by atoms with Crippen LogP contribution in [-0.4, -0.2) is 26.1 Å². The number of carbonyl (C=O) groups excluding carboxylic acids is 1. The topological polar surface area (TPSA) is 63.8 Å². The van der Waals surface area contributed by atoms with Crippen molar-refractivity contribution in [1.82, 2.24) is 9.38 Å². The number of aromatic nitrogens is 2. The Hall–Kier alpha value is -3.44. The van der Waals surface area contributed by atoms with Crippen LogP contribution in [-0.2, 0) is 11.2 Å². The molecule has 33 heavy (non-hydrogen) atoms. The third-order valence-corrected chi connectivity index (χ3v) is 5.60. The second kappa shape index (κ2) is 8.83. The number of aryl methyl sites for hydroxylation is 2. The van der Waals surface area contributed by atoms with Gasteiger partial charge in [0.1, 0.15) is 17.4 Å². The summed E-state index contributed by atoms with van der Waals surface area (Å²) in [4.78, 5) is 17.8. The Labute approximate surface area is 194 Å². The SMILES string of the molecule is CCc1cn2c(C(O)c3ccc(-c4ccccc4)c(C(=O)OC(C)(C)C)c3)ccc(C)c2n1. The van der Waals surface area contributed by atoms with Gasteiger partial charge >= 0.3 is 5.97 Å². The number of imidazole rings is 1. The molecule has 0 fully saturated rings. The maximum atomic E-state index is 13.1. The van der Waals surface area contributed by atoms with E-state index in [1.807, 2.05) is 92.9 Å². The van der Waals surface area contributed by atoms with Crippen LogP contribution in [0.25, 0.3) is 16.8 Å². The largest absolute Gasteiger partial charge is 0.456 e. The molecule has 2 aromatic carbocycles. The third-order valence-electron chi connectivity index (χ3n) is 5.60. The summed E-state index contributed by atoms with van der Waals surface area (Å²) >= 11 is 0. The van der Waals surface area contributed by atoms with Crippen molar-refractivity contribution >= 4 is 11.6 Å². The third kappa shape index (κ3) is 4.69. The number of hydrogen-bond donors (Lipinski definition) is 1. The Bertz CT molecular complexity index is 1300. The summed E-state index contributed by atoms with van der Waals surface area (Å²) in [5.41, 5.74) is 5.64. The molecular weight excluding hydrogens is 412 g/mol. The molecule has 0 radical (unpaired) electrons. The van der Waals surface area contributed by atoms with Crippen molar-refractivity contribution in [2.45, 2.75) is 52.7 Å². The monoisotopic (exact) mass is 442 g/mol. The first-order chi connectivity index (χ1) is 15.7. The molecule has 1 unspecified atom stereocenters. The fraction of sp³-hybridized carbons (Fsp3) is 0.286. The molecule has 2 heterocycles. The van der Waals surface area contributed by atoms with E-state index in [2.05, 4.69) is 11.9 Å². The molecule has 0 saturated carbocycles. The van der Waals surface area contributed by atoms with E-state index in [1.54, 1.807) is 6.07 Å². The Morgan fingerprint density at radius 3 is 2.48 bits per heavy atom. The van der Waals surface area contributed by atoms with Crippen molar-refractivity contribution in [3.05, 3.63) is 94.9 Å². The Kier molecular flexibility index (Phi) is 6.09. The number of aliphatic hydroxyl groups excluding tert-OH is 1. The van der Waals surface area contributed by atoms with Gasteiger partial charge in [-0.15, -0.1) is 0 Å². The molecule has 0 aliphatic rings. The van der Waals surface area contributed by atoms with Gasteiger partial charge < -0.3 is 14.2 Å². The Balaban J connectivity index is 1.83. The summed E-state index contributed by atoms with van der Waals surface area (Å²) in [6.07, 6.45) is 1.84. The molecule has 0 bridgehead atoms. The predicted molar refractivity (Wildman–Crippen MR) is 130 cm³/mol. The molecule has 0 aliphatic carbocycles. The van der Waals surface area contributed by atoms with E-state index in [-0.39, 0.29) is 0 Å². The van der Waals surface area contributed by atoms with Gasteiger partial charge in [0.15, 0.2) is 0 Å². The van der Waals surface area contributed by atoms with Crippen molar-refractivity contribution in [3.8, 4) is 11.1 Å². The molecule has 0 saturated heterocycles. The number of hydrogen-bond acceptors (Lipinski definition) is 4. The number of rotatable bonds is 5. The van der Waals surface area contributed by atoms with Gasteiger partial charge in [0, 0.05) is 6.20 Å². The lowest BCUT2D eigenvalue weighted by Crippen LogP contribution is -2.24. The highest BCUT2D eigenvalue weighted by Gasteiger charge is 2.24. The van der Waals surface area contributed by atoms with Crippen molar-refractivity contribution in [2.75, 3.05) is 0 Å². The molecule has 1 atom stereocenters. The number of pyridine rings is 1. The number of fused-ring (bicyclic) bond motifs is 1. The zero-order valence-electron chi connectivity index (χ0n) is 19.8. The van der Waals surface area contributed by atoms with E-state index >= 15 is 0 Å². The van der Waals surface area contributed by atoms with E-state index < -0.39 is 17.7 Å². The first kappa shape index (κ1) is 22.7. The van der Waals surface area contributed by atoms with Crippen LogP contribution in [0.1, 0.15) is 66.7 Å². The van der Waals surface area contributed by atoms with Crippen LogP contribution < -0.4 is 0 Å². The zero-order chi connectivity index (χ0) is 23.8. The van der Waals surface area contributed by atoms with Crippen molar-refractivity contribution in [3.63, 3.8) is 0 Å². The van der Waals surface area contributed by atoms with Gasteiger partial charge in [-0.1, -0.05) is 55.5 Å². The standard InChI is InChI=1S/C28H30N2O3/c1-6-21-17-30-24(15-12-18(2)26(30)29-21)25(31)20-13-14-22(19-10-8-7-9-11-19)23(16-20)27(32)33-28(3,4)5/h7-17,25,31H,6H2,1-5H3. The van der Waals surface area contributed by atoms with Crippen molar-refractivity contribution in [1.29, 1.82) is 0 Å². The van der Waals surface area contributed by atoms with Crippen LogP contribution >= 0.6 is 0 Å². The highest BCUT2D eigenvalue weighted by molar-refractivity contribution is 5.97. The average molecular weight is 443 g/mol. The van der Waals surface area contributed by atoms with Gasteiger partial charge in [0.25, 0.3) is 0 Å². The van der Waals surface area contributed by atoms with Gasteiger partial charge in [-0.2, -0.15) is 0 Å². The lowest BCUT2D eigenvalue weighted by molar-refractivity contribution is 0.00702. The first-order valence-corrected chi connectivity index (χ1v) is 11.3. The zero-order valence-corrected chi connectivity index (χ0v) is 19.8. The molecule has 170 valence electrons. The summed E-state index contributed by atoms with van der Waals surface area (Å²) in [5, 5.41) is 11.4.